The highest BCUT2D eigenvalue weighted by Crippen LogP contribution is 2.31. The van der Waals surface area contributed by atoms with Gasteiger partial charge in [0.15, 0.2) is 11.5 Å². The summed E-state index contributed by atoms with van der Waals surface area (Å²) in [5.74, 6) is 1.68. The molecule has 1 aliphatic heterocycles. The van der Waals surface area contributed by atoms with Crippen molar-refractivity contribution in [2.24, 2.45) is 0 Å². The summed E-state index contributed by atoms with van der Waals surface area (Å²) >= 11 is 0. The highest BCUT2D eigenvalue weighted by Gasteiger charge is 2.19. The molecular formula is C15H24N2O2. The first-order valence-electron chi connectivity index (χ1n) is 7.06. The summed E-state index contributed by atoms with van der Waals surface area (Å²) in [5, 5.41) is 3.55. The molecule has 19 heavy (non-hydrogen) atoms. The van der Waals surface area contributed by atoms with Crippen LogP contribution in [0.15, 0.2) is 18.2 Å². The Balaban J connectivity index is 2.18. The Hall–Kier alpha value is -1.26. The Labute approximate surface area is 115 Å². The number of piperazine rings is 1. The molecule has 106 valence electrons. The zero-order valence-electron chi connectivity index (χ0n) is 12.1. The van der Waals surface area contributed by atoms with Gasteiger partial charge < -0.3 is 19.7 Å². The molecule has 1 unspecified atom stereocenters. The van der Waals surface area contributed by atoms with Gasteiger partial charge in [-0.15, -0.1) is 0 Å². The number of rotatable bonds is 5. The molecule has 0 radical (unpaired) electrons. The van der Waals surface area contributed by atoms with Gasteiger partial charge in [-0.2, -0.15) is 0 Å². The Kier molecular flexibility index (Phi) is 5.05. The van der Waals surface area contributed by atoms with E-state index >= 15 is 0 Å². The quantitative estimate of drug-likeness (QED) is 0.882. The maximum atomic E-state index is 5.68. The molecule has 1 aromatic rings. The number of hydrogen-bond donors (Lipinski definition) is 1. The highest BCUT2D eigenvalue weighted by atomic mass is 16.5. The molecule has 0 amide bonds. The lowest BCUT2D eigenvalue weighted by Crippen LogP contribution is -2.43. The van der Waals surface area contributed by atoms with Crippen LogP contribution in [0.1, 0.15) is 25.5 Å². The first kappa shape index (κ1) is 14.2. The van der Waals surface area contributed by atoms with Crippen LogP contribution in [0, 0.1) is 0 Å². The maximum Gasteiger partial charge on any atom is 0.161 e. The van der Waals surface area contributed by atoms with E-state index in [0.29, 0.717) is 19.3 Å². The van der Waals surface area contributed by atoms with Crippen LogP contribution in [-0.2, 0) is 0 Å². The summed E-state index contributed by atoms with van der Waals surface area (Å²) in [7, 11) is 2.16. The summed E-state index contributed by atoms with van der Waals surface area (Å²) in [4.78, 5) is 2.35. The summed E-state index contributed by atoms with van der Waals surface area (Å²) in [6, 6.07) is 6.61. The van der Waals surface area contributed by atoms with E-state index in [1.54, 1.807) is 0 Å². The van der Waals surface area contributed by atoms with E-state index in [4.69, 9.17) is 9.47 Å². The van der Waals surface area contributed by atoms with Gasteiger partial charge in [-0.3, -0.25) is 0 Å². The fourth-order valence-electron chi connectivity index (χ4n) is 2.40. The van der Waals surface area contributed by atoms with E-state index in [2.05, 4.69) is 29.4 Å². The van der Waals surface area contributed by atoms with Crippen molar-refractivity contribution in [3.05, 3.63) is 23.8 Å². The SMILES string of the molecule is CCOc1ccc(C2CN(C)CCN2)cc1OCC. The Morgan fingerprint density at radius 1 is 1.21 bits per heavy atom. The minimum atomic E-state index is 0.369. The number of ether oxygens (including phenoxy) is 2. The summed E-state index contributed by atoms with van der Waals surface area (Å²) < 4.78 is 11.3. The number of nitrogens with zero attached hydrogens (tertiary/aromatic N) is 1. The van der Waals surface area contributed by atoms with Gasteiger partial charge in [-0.1, -0.05) is 6.07 Å². The van der Waals surface area contributed by atoms with E-state index in [0.717, 1.165) is 31.1 Å². The molecule has 1 aromatic carbocycles. The van der Waals surface area contributed by atoms with Gasteiger partial charge in [-0.25, -0.2) is 0 Å². The number of nitrogens with one attached hydrogen (secondary N) is 1. The normalized spacial score (nSPS) is 20.3. The molecule has 1 N–H and O–H groups in total. The molecule has 4 nitrogen and oxygen atoms in total. The summed E-state index contributed by atoms with van der Waals surface area (Å²) in [6.45, 7) is 8.45. The predicted molar refractivity (Wildman–Crippen MR) is 77.0 cm³/mol. The van der Waals surface area contributed by atoms with E-state index in [1.807, 2.05) is 19.9 Å². The van der Waals surface area contributed by atoms with E-state index in [9.17, 15) is 0 Å². The molecule has 0 aliphatic carbocycles. The summed E-state index contributed by atoms with van der Waals surface area (Å²) in [6.07, 6.45) is 0. The molecule has 1 fully saturated rings. The minimum absolute atomic E-state index is 0.369. The molecule has 0 saturated carbocycles. The van der Waals surface area contributed by atoms with Gasteiger partial charge in [0.05, 0.1) is 13.2 Å². The monoisotopic (exact) mass is 264 g/mol. The highest BCUT2D eigenvalue weighted by molar-refractivity contribution is 5.44. The fraction of sp³-hybridized carbons (Fsp3) is 0.600. The van der Waals surface area contributed by atoms with Crippen molar-refractivity contribution in [2.75, 3.05) is 39.9 Å². The zero-order chi connectivity index (χ0) is 13.7. The molecule has 1 atom stereocenters. The topological polar surface area (TPSA) is 33.7 Å². The average Bonchev–Trinajstić information content (AvgIpc) is 2.41. The number of hydrogen-bond acceptors (Lipinski definition) is 4. The first-order chi connectivity index (χ1) is 9.24. The molecular weight excluding hydrogens is 240 g/mol. The van der Waals surface area contributed by atoms with Gasteiger partial charge in [0.2, 0.25) is 0 Å². The molecule has 1 aliphatic rings. The predicted octanol–water partition coefficient (Wildman–Crippen LogP) is 2.06. The lowest BCUT2D eigenvalue weighted by atomic mass is 10.0. The third-order valence-corrected chi connectivity index (χ3v) is 3.35. The molecule has 1 heterocycles. The van der Waals surface area contributed by atoms with Gasteiger partial charge in [0.1, 0.15) is 0 Å². The molecule has 1 saturated heterocycles. The summed E-state index contributed by atoms with van der Waals surface area (Å²) in [5.41, 5.74) is 1.26. The average molecular weight is 264 g/mol. The van der Waals surface area contributed by atoms with Crippen molar-refractivity contribution >= 4 is 0 Å². The van der Waals surface area contributed by atoms with Gasteiger partial charge in [0.25, 0.3) is 0 Å². The van der Waals surface area contributed by atoms with E-state index in [1.165, 1.54) is 5.56 Å². The second kappa shape index (κ2) is 6.78. The first-order valence-corrected chi connectivity index (χ1v) is 7.06. The Morgan fingerprint density at radius 3 is 2.63 bits per heavy atom. The van der Waals surface area contributed by atoms with Crippen LogP contribution < -0.4 is 14.8 Å². The lowest BCUT2D eigenvalue weighted by molar-refractivity contribution is 0.239. The van der Waals surface area contributed by atoms with Gasteiger partial charge in [0, 0.05) is 25.7 Å². The van der Waals surface area contributed by atoms with E-state index in [-0.39, 0.29) is 0 Å². The second-order valence-corrected chi connectivity index (χ2v) is 4.84. The van der Waals surface area contributed by atoms with E-state index < -0.39 is 0 Å². The van der Waals surface area contributed by atoms with Gasteiger partial charge >= 0.3 is 0 Å². The third-order valence-electron chi connectivity index (χ3n) is 3.35. The molecule has 0 spiro atoms. The van der Waals surface area contributed by atoms with Crippen molar-refractivity contribution in [3.63, 3.8) is 0 Å². The smallest absolute Gasteiger partial charge is 0.161 e. The van der Waals surface area contributed by atoms with Crippen LogP contribution in [-0.4, -0.2) is 44.8 Å². The third kappa shape index (κ3) is 3.61. The number of benzene rings is 1. The molecule has 0 bridgehead atoms. The Bertz CT molecular complexity index is 409. The van der Waals surface area contributed by atoms with Crippen molar-refractivity contribution < 1.29 is 9.47 Å². The largest absolute Gasteiger partial charge is 0.490 e. The van der Waals surface area contributed by atoms with Gasteiger partial charge in [-0.05, 0) is 38.6 Å². The maximum absolute atomic E-state index is 5.68. The Morgan fingerprint density at radius 2 is 1.95 bits per heavy atom. The van der Waals surface area contributed by atoms with Crippen LogP contribution in [0.2, 0.25) is 0 Å². The zero-order valence-corrected chi connectivity index (χ0v) is 12.1. The van der Waals surface area contributed by atoms with Crippen LogP contribution in [0.25, 0.3) is 0 Å². The second-order valence-electron chi connectivity index (χ2n) is 4.84. The molecule has 2 rings (SSSR count). The van der Waals surface area contributed by atoms with Crippen molar-refractivity contribution in [1.29, 1.82) is 0 Å². The van der Waals surface area contributed by atoms with Crippen molar-refractivity contribution in [3.8, 4) is 11.5 Å². The van der Waals surface area contributed by atoms with Crippen molar-refractivity contribution in [2.45, 2.75) is 19.9 Å². The van der Waals surface area contributed by atoms with Crippen LogP contribution in [0.3, 0.4) is 0 Å². The minimum Gasteiger partial charge on any atom is -0.490 e. The molecule has 4 heteroatoms. The standard InChI is InChI=1S/C15H24N2O2/c1-4-18-14-7-6-12(10-15(14)19-5-2)13-11-17(3)9-8-16-13/h6-7,10,13,16H,4-5,8-9,11H2,1-3H3. The fourth-order valence-corrected chi connectivity index (χ4v) is 2.40. The van der Waals surface area contributed by atoms with Crippen LogP contribution >= 0.6 is 0 Å². The lowest BCUT2D eigenvalue weighted by Gasteiger charge is -2.31. The van der Waals surface area contributed by atoms with Crippen LogP contribution in [0.4, 0.5) is 0 Å². The number of likely N-dealkylation sites (N-methyl/N-ethyl adjacent to an activating group) is 1. The molecule has 0 aromatic heterocycles. The van der Waals surface area contributed by atoms with Crippen LogP contribution in [0.5, 0.6) is 11.5 Å². The van der Waals surface area contributed by atoms with Crippen molar-refractivity contribution in [1.82, 2.24) is 10.2 Å².